The number of fused-ring (bicyclic) bond motifs is 1. The first-order valence-corrected chi connectivity index (χ1v) is 14.3. The molecule has 0 radical (unpaired) electrons. The van der Waals surface area contributed by atoms with Crippen LogP contribution in [-0.4, -0.2) is 23.5 Å². The molecule has 0 unspecified atom stereocenters. The Morgan fingerprint density at radius 3 is 2.20 bits per heavy atom. The maximum atomic E-state index is 12.3. The molecule has 5 heteroatoms. The number of nitrogens with one attached hydrogen (secondary N) is 2. The normalized spacial score (nSPS) is 16.5. The van der Waals surface area contributed by atoms with Gasteiger partial charge in [-0.2, -0.15) is 0 Å². The molecule has 0 bridgehead atoms. The Hall–Kier alpha value is -2.24. The number of anilines is 1. The zero-order valence-corrected chi connectivity index (χ0v) is 22.6. The van der Waals surface area contributed by atoms with Crippen molar-refractivity contribution in [2.75, 3.05) is 11.9 Å². The summed E-state index contributed by atoms with van der Waals surface area (Å²) in [6.07, 6.45) is 33.8. The Morgan fingerprint density at radius 1 is 0.943 bits per heavy atom. The molecule has 1 atom stereocenters. The molecule has 0 aliphatic heterocycles. The fourth-order valence-electron chi connectivity index (χ4n) is 3.88. The average Bonchev–Trinajstić information content (AvgIpc) is 3.26. The highest BCUT2D eigenvalue weighted by atomic mass is 32.1. The van der Waals surface area contributed by atoms with Crippen molar-refractivity contribution in [3.8, 4) is 0 Å². The van der Waals surface area contributed by atoms with E-state index in [0.717, 1.165) is 82.3 Å². The number of amides is 1. The van der Waals surface area contributed by atoms with E-state index in [9.17, 15) is 4.79 Å². The highest BCUT2D eigenvalue weighted by Gasteiger charge is 2.22. The predicted molar refractivity (Wildman–Crippen MR) is 153 cm³/mol. The quantitative estimate of drug-likeness (QED) is 0.171. The third-order valence-electron chi connectivity index (χ3n) is 5.80. The van der Waals surface area contributed by atoms with Crippen LogP contribution in [0.3, 0.4) is 0 Å². The fraction of sp³-hybridized carbons (Fsp3) is 0.533. The van der Waals surface area contributed by atoms with E-state index in [1.807, 2.05) is 0 Å². The van der Waals surface area contributed by atoms with Crippen molar-refractivity contribution in [3.63, 3.8) is 0 Å². The first-order valence-electron chi connectivity index (χ1n) is 13.5. The number of thiazole rings is 1. The first kappa shape index (κ1) is 29.0. The van der Waals surface area contributed by atoms with Crippen LogP contribution in [0.4, 0.5) is 5.13 Å². The van der Waals surface area contributed by atoms with Crippen molar-refractivity contribution in [2.45, 2.75) is 96.9 Å². The van der Waals surface area contributed by atoms with Gasteiger partial charge in [-0.1, -0.05) is 74.6 Å². The van der Waals surface area contributed by atoms with E-state index < -0.39 is 0 Å². The molecule has 1 aliphatic carbocycles. The Kier molecular flexibility index (Phi) is 15.7. The van der Waals surface area contributed by atoms with Crippen LogP contribution in [0.5, 0.6) is 0 Å². The number of unbranched alkanes of at least 4 members (excludes halogenated alkanes) is 1. The molecule has 0 saturated heterocycles. The summed E-state index contributed by atoms with van der Waals surface area (Å²) in [6.45, 7) is 5.42. The number of carbonyl (C=O) groups is 1. The van der Waals surface area contributed by atoms with Crippen LogP contribution < -0.4 is 10.6 Å². The second kappa shape index (κ2) is 19.0. The number of hydrogen-bond acceptors (Lipinski definition) is 4. The highest BCUT2D eigenvalue weighted by molar-refractivity contribution is 7.15. The van der Waals surface area contributed by atoms with Crippen molar-refractivity contribution < 1.29 is 4.79 Å². The molecule has 1 aromatic heterocycles. The second-order valence-electron chi connectivity index (χ2n) is 8.93. The molecule has 0 aromatic carbocycles. The lowest BCUT2D eigenvalue weighted by molar-refractivity contribution is -0.116. The van der Waals surface area contributed by atoms with Crippen LogP contribution in [0.15, 0.2) is 60.8 Å². The lowest BCUT2D eigenvalue weighted by Crippen LogP contribution is -2.34. The van der Waals surface area contributed by atoms with Gasteiger partial charge < -0.3 is 10.6 Å². The van der Waals surface area contributed by atoms with Crippen molar-refractivity contribution in [1.82, 2.24) is 10.3 Å². The zero-order valence-electron chi connectivity index (χ0n) is 21.8. The minimum atomic E-state index is 0.0732. The lowest BCUT2D eigenvalue weighted by Gasteiger charge is -2.21. The first-order chi connectivity index (χ1) is 17.2. The monoisotopic (exact) mass is 495 g/mol. The van der Waals surface area contributed by atoms with Gasteiger partial charge in [-0.3, -0.25) is 4.79 Å². The number of hydrogen-bond donors (Lipinski definition) is 2. The Balaban J connectivity index is 1.51. The summed E-state index contributed by atoms with van der Waals surface area (Å²) in [5.74, 6) is 0.0732. The summed E-state index contributed by atoms with van der Waals surface area (Å²) < 4.78 is 0. The van der Waals surface area contributed by atoms with E-state index in [1.54, 1.807) is 11.3 Å². The number of allylic oxidation sites excluding steroid dienone is 10. The van der Waals surface area contributed by atoms with Crippen LogP contribution in [-0.2, 0) is 17.6 Å². The van der Waals surface area contributed by atoms with Gasteiger partial charge in [-0.15, -0.1) is 11.3 Å². The van der Waals surface area contributed by atoms with Gasteiger partial charge in [0.1, 0.15) is 0 Å². The van der Waals surface area contributed by atoms with E-state index in [4.69, 9.17) is 0 Å². The van der Waals surface area contributed by atoms with Crippen LogP contribution >= 0.6 is 11.3 Å². The Morgan fingerprint density at radius 2 is 1.57 bits per heavy atom. The third kappa shape index (κ3) is 13.4. The van der Waals surface area contributed by atoms with E-state index in [-0.39, 0.29) is 5.91 Å². The fourth-order valence-corrected chi connectivity index (χ4v) is 4.99. The van der Waals surface area contributed by atoms with Gasteiger partial charge in [0.15, 0.2) is 5.13 Å². The number of nitrogens with zero attached hydrogens (tertiary/aromatic N) is 1. The topological polar surface area (TPSA) is 54.0 Å². The molecule has 1 amide bonds. The minimum Gasteiger partial charge on any atom is -0.314 e. The summed E-state index contributed by atoms with van der Waals surface area (Å²) in [7, 11) is 0. The molecule has 35 heavy (non-hydrogen) atoms. The standard InChI is InChI=1S/C30H45N3OS/c1-3-5-6-7-8-9-10-11-12-13-14-15-16-17-18-19-20-21-29(34)33-30-32-27-23-22-26(31-24-4-2)25-28(27)35-30/h5-6,8-9,11-12,14-15,17-18,26,31H,3-4,7,10,13,16,19-25H2,1-2H3,(H,32,33,34)/t26-/m1/s1. The Labute approximate surface area is 217 Å². The molecule has 4 nitrogen and oxygen atoms in total. The van der Waals surface area contributed by atoms with Crippen LogP contribution in [0.25, 0.3) is 0 Å². The maximum absolute atomic E-state index is 12.3. The molecular formula is C30H45N3OS. The molecule has 1 aromatic rings. The minimum absolute atomic E-state index is 0.0732. The Bertz CT molecular complexity index is 863. The largest absolute Gasteiger partial charge is 0.314 e. The number of rotatable bonds is 17. The van der Waals surface area contributed by atoms with Gasteiger partial charge in [0.2, 0.25) is 5.91 Å². The lowest BCUT2D eigenvalue weighted by atomic mass is 9.98. The van der Waals surface area contributed by atoms with Gasteiger partial charge >= 0.3 is 0 Å². The van der Waals surface area contributed by atoms with Gasteiger partial charge in [0.25, 0.3) is 0 Å². The van der Waals surface area contributed by atoms with Gasteiger partial charge in [-0.25, -0.2) is 4.98 Å². The smallest absolute Gasteiger partial charge is 0.226 e. The van der Waals surface area contributed by atoms with E-state index >= 15 is 0 Å². The number of aryl methyl sites for hydroxylation is 1. The molecular weight excluding hydrogens is 450 g/mol. The third-order valence-corrected chi connectivity index (χ3v) is 6.84. The highest BCUT2D eigenvalue weighted by Crippen LogP contribution is 2.30. The van der Waals surface area contributed by atoms with Gasteiger partial charge in [0.05, 0.1) is 5.69 Å². The van der Waals surface area contributed by atoms with Crippen LogP contribution in [0.1, 0.15) is 88.6 Å². The van der Waals surface area contributed by atoms with E-state index in [2.05, 4.69) is 90.2 Å². The number of aromatic nitrogens is 1. The van der Waals surface area contributed by atoms with Gasteiger partial charge in [0, 0.05) is 17.3 Å². The van der Waals surface area contributed by atoms with Crippen molar-refractivity contribution in [2.24, 2.45) is 0 Å². The van der Waals surface area contributed by atoms with E-state index in [0.29, 0.717) is 12.5 Å². The molecule has 192 valence electrons. The van der Waals surface area contributed by atoms with Crippen LogP contribution in [0.2, 0.25) is 0 Å². The summed E-state index contributed by atoms with van der Waals surface area (Å²) in [5.41, 5.74) is 1.18. The molecule has 2 rings (SSSR count). The summed E-state index contributed by atoms with van der Waals surface area (Å²) >= 11 is 1.65. The summed E-state index contributed by atoms with van der Waals surface area (Å²) in [4.78, 5) is 18.3. The van der Waals surface area contributed by atoms with Crippen LogP contribution in [0, 0.1) is 0 Å². The zero-order chi connectivity index (χ0) is 25.0. The summed E-state index contributed by atoms with van der Waals surface area (Å²) in [6, 6.07) is 0.551. The SMILES string of the molecule is CCC=CCC=CCC=CCC=CCC=CCCCC(=O)Nc1nc2c(s1)C[C@H](NCCC)CC2. The van der Waals surface area contributed by atoms with E-state index in [1.165, 1.54) is 10.6 Å². The molecule has 0 spiro atoms. The van der Waals surface area contributed by atoms with Gasteiger partial charge in [-0.05, 0) is 77.2 Å². The molecule has 2 N–H and O–H groups in total. The molecule has 1 heterocycles. The second-order valence-corrected chi connectivity index (χ2v) is 10.0. The molecule has 1 aliphatic rings. The predicted octanol–water partition coefficient (Wildman–Crippen LogP) is 7.86. The molecule has 0 fully saturated rings. The summed E-state index contributed by atoms with van der Waals surface area (Å²) in [5, 5.41) is 7.39. The van der Waals surface area contributed by atoms with Crippen molar-refractivity contribution in [1.29, 1.82) is 0 Å². The molecule has 0 saturated carbocycles. The van der Waals surface area contributed by atoms with Crippen molar-refractivity contribution >= 4 is 22.4 Å². The van der Waals surface area contributed by atoms with Crippen molar-refractivity contribution in [3.05, 3.63) is 71.3 Å². The maximum Gasteiger partial charge on any atom is 0.226 e. The number of carbonyl (C=O) groups excluding carboxylic acids is 1. The average molecular weight is 496 g/mol.